The topological polar surface area (TPSA) is 67.2 Å². The van der Waals surface area contributed by atoms with Crippen molar-refractivity contribution in [1.82, 2.24) is 19.2 Å². The molecule has 4 heterocycles. The second-order valence-corrected chi connectivity index (χ2v) is 6.84. The smallest absolute Gasteiger partial charge is 0.228 e. The number of likely N-dealkylation sites (N-methyl/N-ethyl adjacent to an activating group) is 1. The number of amides is 2. The summed E-state index contributed by atoms with van der Waals surface area (Å²) in [4.78, 5) is 32.7. The maximum Gasteiger partial charge on any atom is 0.228 e. The number of aryl methyl sites for hydroxylation is 1. The molecule has 0 bridgehead atoms. The molecule has 25 heavy (non-hydrogen) atoms. The van der Waals surface area contributed by atoms with Crippen LogP contribution in [-0.4, -0.2) is 69.9 Å². The number of rotatable bonds is 2. The lowest BCUT2D eigenvalue weighted by Crippen LogP contribution is -2.43. The predicted octanol–water partition coefficient (Wildman–Crippen LogP) is 0.643. The molecule has 0 unspecified atom stereocenters. The van der Waals surface area contributed by atoms with Crippen LogP contribution in [0.4, 0.5) is 0 Å². The molecule has 2 amide bonds. The molecule has 0 N–H and O–H groups in total. The monoisotopic (exact) mass is 342 g/mol. The maximum atomic E-state index is 12.8. The van der Waals surface area contributed by atoms with Crippen LogP contribution in [0, 0.1) is 6.92 Å². The van der Waals surface area contributed by atoms with Crippen molar-refractivity contribution in [3.05, 3.63) is 35.8 Å². The number of nitrogens with zero attached hydrogens (tertiary/aromatic N) is 4. The molecule has 7 nitrogen and oxygen atoms in total. The zero-order valence-corrected chi connectivity index (χ0v) is 14.5. The van der Waals surface area contributed by atoms with Crippen molar-refractivity contribution in [1.29, 1.82) is 0 Å². The number of fused-ring (bicyclic) bond motifs is 2. The lowest BCUT2D eigenvalue weighted by atomic mass is 10.2. The van der Waals surface area contributed by atoms with Crippen molar-refractivity contribution in [3.63, 3.8) is 0 Å². The first kappa shape index (κ1) is 16.1. The van der Waals surface area contributed by atoms with E-state index < -0.39 is 0 Å². The van der Waals surface area contributed by atoms with E-state index in [2.05, 4.69) is 4.98 Å². The van der Waals surface area contributed by atoms with Crippen LogP contribution in [0.2, 0.25) is 0 Å². The summed E-state index contributed by atoms with van der Waals surface area (Å²) < 4.78 is 7.76. The van der Waals surface area contributed by atoms with Crippen LogP contribution in [0.25, 0.3) is 5.65 Å². The Balaban J connectivity index is 1.50. The number of likely N-dealkylation sites (tertiary alicyclic amines) is 1. The van der Waals surface area contributed by atoms with Gasteiger partial charge in [0.15, 0.2) is 0 Å². The third-order valence-corrected chi connectivity index (χ3v) is 5.27. The summed E-state index contributed by atoms with van der Waals surface area (Å²) in [6.45, 7) is 3.50. The highest BCUT2D eigenvalue weighted by Gasteiger charge is 2.41. The van der Waals surface area contributed by atoms with Crippen molar-refractivity contribution in [2.75, 3.05) is 26.7 Å². The zero-order chi connectivity index (χ0) is 17.6. The summed E-state index contributed by atoms with van der Waals surface area (Å²) >= 11 is 0. The summed E-state index contributed by atoms with van der Waals surface area (Å²) in [5, 5.41) is 0. The minimum Gasteiger partial charge on any atom is -0.374 e. The van der Waals surface area contributed by atoms with Gasteiger partial charge in [-0.3, -0.25) is 9.59 Å². The van der Waals surface area contributed by atoms with Gasteiger partial charge in [-0.05, 0) is 18.6 Å². The normalized spacial score (nSPS) is 23.8. The largest absolute Gasteiger partial charge is 0.374 e. The molecular formula is C18H22N4O3. The molecule has 7 heteroatoms. The Labute approximate surface area is 146 Å². The van der Waals surface area contributed by atoms with Crippen molar-refractivity contribution >= 4 is 17.5 Å². The number of imidazole rings is 1. The lowest BCUT2D eigenvalue weighted by Gasteiger charge is -2.25. The molecule has 2 aliphatic rings. The van der Waals surface area contributed by atoms with Crippen LogP contribution in [0.1, 0.15) is 17.7 Å². The van der Waals surface area contributed by atoms with Gasteiger partial charge < -0.3 is 18.9 Å². The van der Waals surface area contributed by atoms with Gasteiger partial charge in [-0.25, -0.2) is 4.98 Å². The molecule has 0 aliphatic carbocycles. The van der Waals surface area contributed by atoms with E-state index in [1.807, 2.05) is 29.7 Å². The molecule has 2 aliphatic heterocycles. The first-order valence-corrected chi connectivity index (χ1v) is 8.61. The third kappa shape index (κ3) is 2.78. The second-order valence-electron chi connectivity index (χ2n) is 6.84. The average Bonchev–Trinajstić information content (AvgIpc) is 3.17. The van der Waals surface area contributed by atoms with E-state index >= 15 is 0 Å². The van der Waals surface area contributed by atoms with Crippen LogP contribution in [0.15, 0.2) is 24.5 Å². The van der Waals surface area contributed by atoms with Gasteiger partial charge >= 0.3 is 0 Å². The molecule has 2 atom stereocenters. The fraction of sp³-hybridized carbons (Fsp3) is 0.500. The first-order valence-electron chi connectivity index (χ1n) is 8.61. The SMILES string of the molecule is Cc1cccn2c(CC(=O)N3C[C@@H]4OCCC(=O)N(C)[C@H]4C3)cnc12. The fourth-order valence-corrected chi connectivity index (χ4v) is 3.75. The van der Waals surface area contributed by atoms with Gasteiger partial charge in [0.1, 0.15) is 5.65 Å². The highest BCUT2D eigenvalue weighted by atomic mass is 16.5. The Bertz CT molecular complexity index is 831. The van der Waals surface area contributed by atoms with E-state index in [1.165, 1.54) is 0 Å². The van der Waals surface area contributed by atoms with Gasteiger partial charge in [0, 0.05) is 32.5 Å². The molecule has 2 aromatic heterocycles. The zero-order valence-electron chi connectivity index (χ0n) is 14.5. The summed E-state index contributed by atoms with van der Waals surface area (Å²) in [7, 11) is 1.80. The van der Waals surface area contributed by atoms with E-state index in [-0.39, 0.29) is 24.0 Å². The third-order valence-electron chi connectivity index (χ3n) is 5.27. The van der Waals surface area contributed by atoms with Gasteiger partial charge in [0.2, 0.25) is 11.8 Å². The minimum atomic E-state index is -0.0928. The van der Waals surface area contributed by atoms with Gasteiger partial charge in [0.05, 0.1) is 37.3 Å². The summed E-state index contributed by atoms with van der Waals surface area (Å²) in [5.74, 6) is 0.125. The quantitative estimate of drug-likeness (QED) is 0.803. The van der Waals surface area contributed by atoms with Crippen LogP contribution in [-0.2, 0) is 20.7 Å². The van der Waals surface area contributed by atoms with Crippen LogP contribution in [0.5, 0.6) is 0 Å². The van der Waals surface area contributed by atoms with E-state index in [9.17, 15) is 9.59 Å². The Morgan fingerprint density at radius 1 is 1.40 bits per heavy atom. The molecule has 0 saturated carbocycles. The fourth-order valence-electron chi connectivity index (χ4n) is 3.75. The Hall–Kier alpha value is -2.41. The van der Waals surface area contributed by atoms with Crippen LogP contribution < -0.4 is 0 Å². The molecule has 0 spiro atoms. The molecule has 2 saturated heterocycles. The Kier molecular flexibility index (Phi) is 3.95. The number of aromatic nitrogens is 2. The molecule has 0 radical (unpaired) electrons. The molecular weight excluding hydrogens is 320 g/mol. The number of ether oxygens (including phenoxy) is 1. The highest BCUT2D eigenvalue weighted by Crippen LogP contribution is 2.23. The van der Waals surface area contributed by atoms with Crippen molar-refractivity contribution in [2.45, 2.75) is 31.9 Å². The predicted molar refractivity (Wildman–Crippen MR) is 91.1 cm³/mol. The molecule has 0 aromatic carbocycles. The van der Waals surface area contributed by atoms with E-state index in [4.69, 9.17) is 4.74 Å². The summed E-state index contributed by atoms with van der Waals surface area (Å²) in [5.41, 5.74) is 2.84. The number of carbonyl (C=O) groups excluding carboxylic acids is 2. The molecule has 132 valence electrons. The standard InChI is InChI=1S/C18H22N4O3/c1-12-4-3-6-22-13(9-19-18(12)22)8-17(24)21-10-14-15(11-21)25-7-5-16(23)20(14)2/h3-4,6,9,14-15H,5,7-8,10-11H2,1-2H3/t14-,15-/m0/s1. The number of hydrogen-bond acceptors (Lipinski definition) is 4. The van der Waals surface area contributed by atoms with E-state index in [0.29, 0.717) is 32.5 Å². The first-order chi connectivity index (χ1) is 12.0. The Morgan fingerprint density at radius 3 is 3.08 bits per heavy atom. The van der Waals surface area contributed by atoms with E-state index in [0.717, 1.165) is 16.9 Å². The van der Waals surface area contributed by atoms with Crippen LogP contribution in [0.3, 0.4) is 0 Å². The second kappa shape index (κ2) is 6.15. The number of hydrogen-bond donors (Lipinski definition) is 0. The summed E-state index contributed by atoms with van der Waals surface area (Å²) in [6.07, 6.45) is 4.31. The maximum absolute atomic E-state index is 12.8. The minimum absolute atomic E-state index is 0.0424. The van der Waals surface area contributed by atoms with Gasteiger partial charge in [-0.2, -0.15) is 0 Å². The average molecular weight is 342 g/mol. The van der Waals surface area contributed by atoms with Crippen molar-refractivity contribution < 1.29 is 14.3 Å². The highest BCUT2D eigenvalue weighted by molar-refractivity contribution is 5.80. The molecule has 2 fully saturated rings. The molecule has 4 rings (SSSR count). The Morgan fingerprint density at radius 2 is 2.24 bits per heavy atom. The number of pyridine rings is 1. The van der Waals surface area contributed by atoms with Gasteiger partial charge in [0.25, 0.3) is 0 Å². The van der Waals surface area contributed by atoms with Crippen molar-refractivity contribution in [3.8, 4) is 0 Å². The number of carbonyl (C=O) groups is 2. The van der Waals surface area contributed by atoms with Crippen molar-refractivity contribution in [2.24, 2.45) is 0 Å². The van der Waals surface area contributed by atoms with E-state index in [1.54, 1.807) is 23.0 Å². The van der Waals surface area contributed by atoms with Gasteiger partial charge in [-0.1, -0.05) is 6.07 Å². The van der Waals surface area contributed by atoms with Crippen LogP contribution >= 0.6 is 0 Å². The molecule has 2 aromatic rings. The summed E-state index contributed by atoms with van der Waals surface area (Å²) in [6, 6.07) is 3.91. The lowest BCUT2D eigenvalue weighted by molar-refractivity contribution is -0.133. The van der Waals surface area contributed by atoms with Gasteiger partial charge in [-0.15, -0.1) is 0 Å².